The third-order valence-corrected chi connectivity index (χ3v) is 4.76. The minimum Gasteiger partial charge on any atom is -0.479 e. The number of carbonyl (C=O) groups excluding carboxylic acids is 1. The van der Waals surface area contributed by atoms with Crippen LogP contribution >= 0.6 is 0 Å². The van der Waals surface area contributed by atoms with Gasteiger partial charge in [0.25, 0.3) is 0 Å². The Morgan fingerprint density at radius 3 is 2.37 bits per heavy atom. The monoisotopic (exact) mass is 270 g/mol. The third kappa shape index (κ3) is 2.55. The average Bonchev–Trinajstić information content (AvgIpc) is 2.81. The van der Waals surface area contributed by atoms with Crippen molar-refractivity contribution in [3.05, 3.63) is 0 Å². The first-order valence-electron chi connectivity index (χ1n) is 7.01. The maximum atomic E-state index is 12.6. The molecule has 0 radical (unpaired) electrons. The van der Waals surface area contributed by atoms with Crippen molar-refractivity contribution < 1.29 is 14.7 Å². The summed E-state index contributed by atoms with van der Waals surface area (Å²) in [4.78, 5) is 27.4. The SMILES string of the molecule is CCC(C)(C)N(C)C(=O)N1CCCC1(CC)C(=O)O. The van der Waals surface area contributed by atoms with E-state index in [2.05, 4.69) is 0 Å². The van der Waals surface area contributed by atoms with E-state index in [0.717, 1.165) is 12.8 Å². The van der Waals surface area contributed by atoms with Gasteiger partial charge in [0.05, 0.1) is 0 Å². The van der Waals surface area contributed by atoms with Crippen LogP contribution in [0.4, 0.5) is 4.79 Å². The molecule has 1 fully saturated rings. The Labute approximate surface area is 115 Å². The predicted molar refractivity (Wildman–Crippen MR) is 74.1 cm³/mol. The average molecular weight is 270 g/mol. The Balaban J connectivity index is 3.02. The first kappa shape index (κ1) is 15.8. The quantitative estimate of drug-likeness (QED) is 0.854. The van der Waals surface area contributed by atoms with Gasteiger partial charge in [-0.05, 0) is 39.5 Å². The van der Waals surface area contributed by atoms with Crippen LogP contribution in [-0.4, -0.2) is 51.6 Å². The van der Waals surface area contributed by atoms with E-state index in [1.54, 1.807) is 16.8 Å². The number of carboxylic acid groups (broad SMARTS) is 1. The van der Waals surface area contributed by atoms with Crippen LogP contribution in [0.25, 0.3) is 0 Å². The summed E-state index contributed by atoms with van der Waals surface area (Å²) in [7, 11) is 1.76. The Morgan fingerprint density at radius 1 is 1.37 bits per heavy atom. The summed E-state index contributed by atoms with van der Waals surface area (Å²) in [6.07, 6.45) is 2.58. The first-order valence-corrected chi connectivity index (χ1v) is 7.01. The van der Waals surface area contributed by atoms with Crippen LogP contribution in [0.15, 0.2) is 0 Å². The van der Waals surface area contributed by atoms with Crippen molar-refractivity contribution in [2.24, 2.45) is 0 Å². The van der Waals surface area contributed by atoms with Crippen LogP contribution in [0.3, 0.4) is 0 Å². The van der Waals surface area contributed by atoms with Gasteiger partial charge in [-0.15, -0.1) is 0 Å². The van der Waals surface area contributed by atoms with E-state index in [9.17, 15) is 14.7 Å². The van der Waals surface area contributed by atoms with Gasteiger partial charge in [-0.2, -0.15) is 0 Å². The molecule has 1 atom stereocenters. The first-order chi connectivity index (χ1) is 8.73. The zero-order valence-electron chi connectivity index (χ0n) is 12.7. The van der Waals surface area contributed by atoms with E-state index in [0.29, 0.717) is 19.4 Å². The highest BCUT2D eigenvalue weighted by Gasteiger charge is 2.50. The van der Waals surface area contributed by atoms with Crippen LogP contribution in [0.2, 0.25) is 0 Å². The van der Waals surface area contributed by atoms with Crippen molar-refractivity contribution in [3.63, 3.8) is 0 Å². The van der Waals surface area contributed by atoms with Crippen LogP contribution in [0.5, 0.6) is 0 Å². The standard InChI is InChI=1S/C14H26N2O3/c1-6-13(3,4)15(5)12(19)16-10-8-9-14(16,7-2)11(17)18/h6-10H2,1-5H3,(H,17,18). The molecule has 19 heavy (non-hydrogen) atoms. The number of nitrogens with zero attached hydrogens (tertiary/aromatic N) is 2. The number of aliphatic carboxylic acids is 1. The van der Waals surface area contributed by atoms with E-state index in [1.807, 2.05) is 27.7 Å². The van der Waals surface area contributed by atoms with Gasteiger partial charge < -0.3 is 14.9 Å². The van der Waals surface area contributed by atoms with Crippen molar-refractivity contribution in [1.29, 1.82) is 0 Å². The molecule has 0 aromatic carbocycles. The Morgan fingerprint density at radius 2 is 1.95 bits per heavy atom. The van der Waals surface area contributed by atoms with Gasteiger partial charge in [-0.3, -0.25) is 0 Å². The van der Waals surface area contributed by atoms with E-state index < -0.39 is 11.5 Å². The maximum absolute atomic E-state index is 12.6. The predicted octanol–water partition coefficient (Wildman–Crippen LogP) is 2.56. The number of rotatable bonds is 4. The van der Waals surface area contributed by atoms with Crippen LogP contribution < -0.4 is 0 Å². The van der Waals surface area contributed by atoms with Crippen LogP contribution in [-0.2, 0) is 4.79 Å². The van der Waals surface area contributed by atoms with Gasteiger partial charge in [-0.1, -0.05) is 13.8 Å². The molecule has 1 unspecified atom stereocenters. The summed E-state index contributed by atoms with van der Waals surface area (Å²) in [5, 5.41) is 9.51. The molecule has 5 nitrogen and oxygen atoms in total. The Kier molecular flexibility index (Phi) is 4.48. The van der Waals surface area contributed by atoms with Gasteiger partial charge in [0.2, 0.25) is 0 Å². The number of amides is 2. The molecule has 1 saturated heterocycles. The summed E-state index contributed by atoms with van der Waals surface area (Å²) in [5.74, 6) is -0.886. The number of carbonyl (C=O) groups is 2. The Hall–Kier alpha value is -1.26. The molecule has 5 heteroatoms. The van der Waals surface area contributed by atoms with E-state index in [4.69, 9.17) is 0 Å². The fourth-order valence-corrected chi connectivity index (χ4v) is 2.58. The van der Waals surface area contributed by atoms with E-state index in [-0.39, 0.29) is 11.6 Å². The molecule has 1 aliphatic heterocycles. The normalized spacial score (nSPS) is 23.5. The van der Waals surface area contributed by atoms with Gasteiger partial charge in [0.1, 0.15) is 5.54 Å². The lowest BCUT2D eigenvalue weighted by Crippen LogP contribution is -2.59. The van der Waals surface area contributed by atoms with Crippen LogP contribution in [0.1, 0.15) is 53.4 Å². The van der Waals surface area contributed by atoms with Gasteiger partial charge in [0, 0.05) is 19.1 Å². The van der Waals surface area contributed by atoms with E-state index in [1.165, 1.54) is 0 Å². The molecule has 0 bridgehead atoms. The summed E-state index contributed by atoms with van der Waals surface area (Å²) in [6.45, 7) is 8.39. The number of likely N-dealkylation sites (tertiary alicyclic amines) is 1. The summed E-state index contributed by atoms with van der Waals surface area (Å²) < 4.78 is 0. The second-order valence-corrected chi connectivity index (χ2v) is 5.95. The molecule has 0 aliphatic carbocycles. The third-order valence-electron chi connectivity index (χ3n) is 4.76. The number of carboxylic acids is 1. The highest BCUT2D eigenvalue weighted by atomic mass is 16.4. The lowest BCUT2D eigenvalue weighted by atomic mass is 9.93. The molecule has 0 saturated carbocycles. The second kappa shape index (κ2) is 5.39. The van der Waals surface area contributed by atoms with Crippen molar-refractivity contribution in [3.8, 4) is 0 Å². The topological polar surface area (TPSA) is 60.9 Å². The smallest absolute Gasteiger partial charge is 0.329 e. The van der Waals surface area contributed by atoms with Crippen molar-refractivity contribution in [1.82, 2.24) is 9.80 Å². The second-order valence-electron chi connectivity index (χ2n) is 5.95. The van der Waals surface area contributed by atoms with Gasteiger partial charge >= 0.3 is 12.0 Å². The molecule has 1 N–H and O–H groups in total. The van der Waals surface area contributed by atoms with Gasteiger partial charge in [0.15, 0.2) is 0 Å². The van der Waals surface area contributed by atoms with Crippen molar-refractivity contribution in [2.45, 2.75) is 64.5 Å². The van der Waals surface area contributed by atoms with Gasteiger partial charge in [-0.25, -0.2) is 9.59 Å². The molecule has 1 heterocycles. The molecule has 1 rings (SSSR count). The molecule has 2 amide bonds. The number of hydrogen-bond donors (Lipinski definition) is 1. The largest absolute Gasteiger partial charge is 0.479 e. The van der Waals surface area contributed by atoms with Crippen molar-refractivity contribution in [2.75, 3.05) is 13.6 Å². The fourth-order valence-electron chi connectivity index (χ4n) is 2.58. The molecule has 0 aromatic heterocycles. The molecule has 0 aromatic rings. The van der Waals surface area contributed by atoms with E-state index >= 15 is 0 Å². The zero-order valence-corrected chi connectivity index (χ0v) is 12.7. The minimum absolute atomic E-state index is 0.173. The molecule has 110 valence electrons. The summed E-state index contributed by atoms with van der Waals surface area (Å²) >= 11 is 0. The number of hydrogen-bond acceptors (Lipinski definition) is 2. The fraction of sp³-hybridized carbons (Fsp3) is 0.857. The highest BCUT2D eigenvalue weighted by molar-refractivity contribution is 5.87. The number of urea groups is 1. The minimum atomic E-state index is -1.02. The summed E-state index contributed by atoms with van der Waals surface area (Å²) in [6, 6.07) is -0.173. The molecular weight excluding hydrogens is 244 g/mol. The molecule has 1 aliphatic rings. The molecule has 0 spiro atoms. The highest BCUT2D eigenvalue weighted by Crippen LogP contribution is 2.34. The lowest BCUT2D eigenvalue weighted by Gasteiger charge is -2.42. The van der Waals surface area contributed by atoms with Crippen molar-refractivity contribution >= 4 is 12.0 Å². The zero-order chi connectivity index (χ0) is 14.8. The maximum Gasteiger partial charge on any atom is 0.329 e. The molecular formula is C14H26N2O3. The van der Waals surface area contributed by atoms with Crippen LogP contribution in [0, 0.1) is 0 Å². The Bertz CT molecular complexity index is 368. The summed E-state index contributed by atoms with van der Waals surface area (Å²) in [5.41, 5.74) is -1.28. The lowest BCUT2D eigenvalue weighted by molar-refractivity contribution is -0.148.